The Hall–Kier alpha value is -3.19. The fourth-order valence-corrected chi connectivity index (χ4v) is 2.21. The van der Waals surface area contributed by atoms with Gasteiger partial charge < -0.3 is 19.4 Å². The van der Waals surface area contributed by atoms with Gasteiger partial charge in [0.05, 0.1) is 11.1 Å². The van der Waals surface area contributed by atoms with Gasteiger partial charge in [0, 0.05) is 12.6 Å². The van der Waals surface area contributed by atoms with E-state index in [1.165, 1.54) is 13.3 Å². The molecule has 2 atom stereocenters. The zero-order chi connectivity index (χ0) is 19.5. The zero-order valence-corrected chi connectivity index (χ0v) is 14.9. The van der Waals surface area contributed by atoms with E-state index < -0.39 is 24.1 Å². The van der Waals surface area contributed by atoms with Crippen LogP contribution in [0, 0.1) is 0 Å². The number of oxime groups is 1. The van der Waals surface area contributed by atoms with Crippen molar-refractivity contribution in [2.75, 3.05) is 13.7 Å². The van der Waals surface area contributed by atoms with Crippen molar-refractivity contribution in [1.29, 1.82) is 0 Å². The Morgan fingerprint density at radius 3 is 2.11 bits per heavy atom. The first-order chi connectivity index (χ1) is 13.1. The molecule has 2 aromatic carbocycles. The van der Waals surface area contributed by atoms with Crippen molar-refractivity contribution in [1.82, 2.24) is 0 Å². The molecule has 0 saturated carbocycles. The van der Waals surface area contributed by atoms with Gasteiger partial charge >= 0.3 is 11.9 Å². The van der Waals surface area contributed by atoms with Gasteiger partial charge in [0.2, 0.25) is 0 Å². The number of aliphatic hydroxyl groups excluding tert-OH is 1. The van der Waals surface area contributed by atoms with Crippen LogP contribution >= 0.6 is 0 Å². The van der Waals surface area contributed by atoms with Crippen molar-refractivity contribution >= 4 is 18.2 Å². The van der Waals surface area contributed by atoms with Crippen LogP contribution in [-0.4, -0.2) is 49.2 Å². The number of ether oxygens (including phenoxy) is 2. The number of benzene rings is 2. The van der Waals surface area contributed by atoms with Gasteiger partial charge in [0.1, 0.15) is 25.9 Å². The molecule has 0 bridgehead atoms. The van der Waals surface area contributed by atoms with E-state index >= 15 is 0 Å². The highest BCUT2D eigenvalue weighted by atomic mass is 16.6. The highest BCUT2D eigenvalue weighted by Gasteiger charge is 2.25. The molecule has 0 unspecified atom stereocenters. The van der Waals surface area contributed by atoms with E-state index in [1.807, 2.05) is 0 Å². The zero-order valence-electron chi connectivity index (χ0n) is 14.9. The molecule has 7 nitrogen and oxygen atoms in total. The Bertz CT molecular complexity index is 748. The van der Waals surface area contributed by atoms with Gasteiger partial charge in [-0.3, -0.25) is 0 Å². The SMILES string of the molecule is CO/N=C/C[C@H](OC(=O)c1ccccc1)[C@H](O)COC(=O)c1ccccc1. The monoisotopic (exact) mass is 371 g/mol. The van der Waals surface area contributed by atoms with Crippen LogP contribution in [0.1, 0.15) is 27.1 Å². The summed E-state index contributed by atoms with van der Waals surface area (Å²) in [6.45, 7) is -0.332. The lowest BCUT2D eigenvalue weighted by Crippen LogP contribution is -2.36. The number of nitrogens with zero attached hydrogens (tertiary/aromatic N) is 1. The molecule has 2 rings (SSSR count). The van der Waals surface area contributed by atoms with Crippen molar-refractivity contribution in [3.05, 3.63) is 71.8 Å². The minimum absolute atomic E-state index is 0.0937. The summed E-state index contributed by atoms with van der Waals surface area (Å²) in [4.78, 5) is 28.8. The lowest BCUT2D eigenvalue weighted by atomic mass is 10.1. The maximum absolute atomic E-state index is 12.2. The predicted molar refractivity (Wildman–Crippen MR) is 98.5 cm³/mol. The van der Waals surface area contributed by atoms with Crippen LogP contribution in [0.15, 0.2) is 65.8 Å². The second kappa shape index (κ2) is 10.7. The molecule has 7 heteroatoms. The van der Waals surface area contributed by atoms with Crippen molar-refractivity contribution in [3.8, 4) is 0 Å². The van der Waals surface area contributed by atoms with Crippen molar-refractivity contribution in [3.63, 3.8) is 0 Å². The number of aliphatic hydroxyl groups is 1. The van der Waals surface area contributed by atoms with E-state index in [0.717, 1.165) is 0 Å². The molecular weight excluding hydrogens is 350 g/mol. The van der Waals surface area contributed by atoms with Crippen LogP contribution in [0.5, 0.6) is 0 Å². The number of carbonyl (C=O) groups excluding carboxylic acids is 2. The normalized spacial score (nSPS) is 13.0. The molecule has 0 saturated heterocycles. The van der Waals surface area contributed by atoms with Crippen LogP contribution < -0.4 is 0 Å². The Kier molecular flexibility index (Phi) is 7.99. The average molecular weight is 371 g/mol. The first-order valence-electron chi connectivity index (χ1n) is 8.33. The second-order valence-electron chi connectivity index (χ2n) is 5.55. The maximum atomic E-state index is 12.2. The third-order valence-corrected chi connectivity index (χ3v) is 3.61. The Balaban J connectivity index is 1.98. The van der Waals surface area contributed by atoms with Crippen LogP contribution in [0.4, 0.5) is 0 Å². The number of hydrogen-bond acceptors (Lipinski definition) is 7. The standard InChI is InChI=1S/C20H21NO6/c1-25-21-13-12-18(27-20(24)16-10-6-3-7-11-16)17(22)14-26-19(23)15-8-4-2-5-9-15/h2-11,13,17-18,22H,12,14H2,1H3/b21-13+/t17-,18+/m1/s1. The van der Waals surface area contributed by atoms with E-state index in [9.17, 15) is 14.7 Å². The van der Waals surface area contributed by atoms with Crippen molar-refractivity contribution < 1.29 is 29.0 Å². The highest BCUT2D eigenvalue weighted by molar-refractivity contribution is 5.90. The summed E-state index contributed by atoms with van der Waals surface area (Å²) < 4.78 is 10.5. The smallest absolute Gasteiger partial charge is 0.338 e. The van der Waals surface area contributed by atoms with Gasteiger partial charge in [-0.15, -0.1) is 0 Å². The van der Waals surface area contributed by atoms with E-state index in [0.29, 0.717) is 11.1 Å². The maximum Gasteiger partial charge on any atom is 0.338 e. The number of carbonyl (C=O) groups is 2. The lowest BCUT2D eigenvalue weighted by molar-refractivity contribution is -0.0408. The summed E-state index contributed by atoms with van der Waals surface area (Å²) in [5.74, 6) is -1.17. The Labute approximate surface area is 157 Å². The first-order valence-corrected chi connectivity index (χ1v) is 8.33. The number of rotatable bonds is 9. The molecule has 27 heavy (non-hydrogen) atoms. The summed E-state index contributed by atoms with van der Waals surface area (Å²) in [6, 6.07) is 16.8. The molecule has 0 amide bonds. The molecule has 0 heterocycles. The first kappa shape index (κ1) is 20.1. The molecule has 0 aromatic heterocycles. The molecule has 142 valence electrons. The predicted octanol–water partition coefficient (Wildman–Crippen LogP) is 2.45. The van der Waals surface area contributed by atoms with Gasteiger partial charge in [0.25, 0.3) is 0 Å². The number of hydrogen-bond donors (Lipinski definition) is 1. The van der Waals surface area contributed by atoms with Crippen LogP contribution in [0.25, 0.3) is 0 Å². The van der Waals surface area contributed by atoms with E-state index in [1.54, 1.807) is 60.7 Å². The molecular formula is C20H21NO6. The topological polar surface area (TPSA) is 94.4 Å². The van der Waals surface area contributed by atoms with Gasteiger partial charge in [0.15, 0.2) is 0 Å². The van der Waals surface area contributed by atoms with Gasteiger partial charge in [-0.05, 0) is 24.3 Å². The fourth-order valence-electron chi connectivity index (χ4n) is 2.21. The summed E-state index contributed by atoms with van der Waals surface area (Å²) in [5.41, 5.74) is 0.711. The molecule has 0 spiro atoms. The molecule has 0 aliphatic rings. The van der Waals surface area contributed by atoms with E-state index in [4.69, 9.17) is 9.47 Å². The Morgan fingerprint density at radius 1 is 1.00 bits per heavy atom. The van der Waals surface area contributed by atoms with Crippen molar-refractivity contribution in [2.45, 2.75) is 18.6 Å². The second-order valence-corrected chi connectivity index (χ2v) is 5.55. The quantitative estimate of drug-likeness (QED) is 0.413. The van der Waals surface area contributed by atoms with Crippen LogP contribution in [-0.2, 0) is 14.3 Å². The third kappa shape index (κ3) is 6.56. The molecule has 0 fully saturated rings. The fraction of sp³-hybridized carbons (Fsp3) is 0.250. The van der Waals surface area contributed by atoms with E-state index in [2.05, 4.69) is 9.99 Å². The third-order valence-electron chi connectivity index (χ3n) is 3.61. The summed E-state index contributed by atoms with van der Waals surface area (Å²) in [5, 5.41) is 13.9. The summed E-state index contributed by atoms with van der Waals surface area (Å²) in [6.07, 6.45) is -0.726. The lowest BCUT2D eigenvalue weighted by Gasteiger charge is -2.21. The van der Waals surface area contributed by atoms with Crippen LogP contribution in [0.2, 0.25) is 0 Å². The molecule has 0 radical (unpaired) electrons. The molecule has 0 aliphatic carbocycles. The van der Waals surface area contributed by atoms with Gasteiger partial charge in [-0.1, -0.05) is 41.6 Å². The number of esters is 2. The summed E-state index contributed by atoms with van der Waals surface area (Å²) >= 11 is 0. The largest absolute Gasteiger partial charge is 0.459 e. The molecule has 0 aliphatic heterocycles. The highest BCUT2D eigenvalue weighted by Crippen LogP contribution is 2.11. The van der Waals surface area contributed by atoms with E-state index in [-0.39, 0.29) is 13.0 Å². The van der Waals surface area contributed by atoms with Gasteiger partial charge in [-0.25, -0.2) is 9.59 Å². The van der Waals surface area contributed by atoms with Crippen molar-refractivity contribution in [2.24, 2.45) is 5.16 Å². The summed E-state index contributed by atoms with van der Waals surface area (Å²) in [7, 11) is 1.37. The van der Waals surface area contributed by atoms with Gasteiger partial charge in [-0.2, -0.15) is 0 Å². The Morgan fingerprint density at radius 2 is 1.56 bits per heavy atom. The average Bonchev–Trinajstić information content (AvgIpc) is 2.72. The van der Waals surface area contributed by atoms with Crippen LogP contribution in [0.3, 0.4) is 0 Å². The minimum Gasteiger partial charge on any atom is -0.459 e. The molecule has 2 aromatic rings. The minimum atomic E-state index is -1.23. The molecule has 1 N–H and O–H groups in total.